The molecule has 0 saturated heterocycles. The molecule has 1 aromatic rings. The van der Waals surface area contributed by atoms with Crippen molar-refractivity contribution in [3.63, 3.8) is 0 Å². The molecule has 0 amide bonds. The van der Waals surface area contributed by atoms with Crippen LogP contribution in [-0.4, -0.2) is 16.3 Å². The van der Waals surface area contributed by atoms with E-state index in [4.69, 9.17) is 10.2 Å². The third-order valence-electron chi connectivity index (χ3n) is 1.57. The molecule has 66 valence electrons. The molecule has 0 fully saturated rings. The van der Waals surface area contributed by atoms with Crippen molar-refractivity contribution in [3.8, 4) is 5.75 Å². The Morgan fingerprint density at radius 2 is 2.17 bits per heavy atom. The molecule has 12 heavy (non-hydrogen) atoms. The molecule has 3 heteroatoms. The summed E-state index contributed by atoms with van der Waals surface area (Å²) >= 11 is 0. The van der Waals surface area contributed by atoms with Crippen molar-refractivity contribution in [1.82, 2.24) is 0 Å². The molecule has 2 N–H and O–H groups in total. The van der Waals surface area contributed by atoms with Gasteiger partial charge >= 0.3 is 0 Å². The highest BCUT2D eigenvalue weighted by Gasteiger charge is 2.08. The van der Waals surface area contributed by atoms with Crippen molar-refractivity contribution in [2.45, 2.75) is 19.4 Å². The third-order valence-corrected chi connectivity index (χ3v) is 1.57. The zero-order valence-electron chi connectivity index (χ0n) is 6.79. The van der Waals surface area contributed by atoms with Crippen molar-refractivity contribution in [2.75, 3.05) is 0 Å². The molecule has 0 spiro atoms. The highest BCUT2D eigenvalue weighted by Crippen LogP contribution is 2.19. The van der Waals surface area contributed by atoms with Crippen LogP contribution in [0.15, 0.2) is 18.2 Å². The highest BCUT2D eigenvalue weighted by molar-refractivity contribution is 5.30. The Kier molecular flexibility index (Phi) is 2.65. The quantitative estimate of drug-likeness (QED) is 0.705. The summed E-state index contributed by atoms with van der Waals surface area (Å²) in [7, 11) is 0. The second kappa shape index (κ2) is 3.54. The smallest absolute Gasteiger partial charge is 0.168 e. The van der Waals surface area contributed by atoms with Gasteiger partial charge in [0.1, 0.15) is 0 Å². The monoisotopic (exact) mass is 170 g/mol. The Balaban J connectivity index is 2.92. The lowest BCUT2D eigenvalue weighted by Gasteiger charge is -2.05. The van der Waals surface area contributed by atoms with Crippen LogP contribution >= 0.6 is 0 Å². The maximum atomic E-state index is 13.0. The van der Waals surface area contributed by atoms with E-state index >= 15 is 0 Å². The predicted octanol–water partition coefficient (Wildman–Crippen LogP) is 1.45. The van der Waals surface area contributed by atoms with Crippen LogP contribution in [0.25, 0.3) is 0 Å². The van der Waals surface area contributed by atoms with Gasteiger partial charge in [-0.2, -0.15) is 0 Å². The number of aromatic hydroxyl groups is 1. The lowest BCUT2D eigenvalue weighted by Crippen LogP contribution is -2.05. The van der Waals surface area contributed by atoms with Gasteiger partial charge in [-0.25, -0.2) is 4.39 Å². The Morgan fingerprint density at radius 1 is 1.50 bits per heavy atom. The third kappa shape index (κ3) is 1.95. The van der Waals surface area contributed by atoms with E-state index in [2.05, 4.69) is 0 Å². The Bertz CT molecular complexity index is 271. The molecule has 1 unspecified atom stereocenters. The van der Waals surface area contributed by atoms with E-state index in [1.54, 1.807) is 19.1 Å². The van der Waals surface area contributed by atoms with E-state index in [0.717, 1.165) is 0 Å². The lowest BCUT2D eigenvalue weighted by molar-refractivity contribution is 0.194. The number of benzene rings is 1. The molecule has 0 aromatic heterocycles. The molecule has 0 radical (unpaired) electrons. The van der Waals surface area contributed by atoms with Crippen molar-refractivity contribution < 1.29 is 14.6 Å². The maximum Gasteiger partial charge on any atom is 0.168 e. The number of halogens is 1. The van der Waals surface area contributed by atoms with Crippen molar-refractivity contribution >= 4 is 0 Å². The molecule has 1 rings (SSSR count). The SMILES string of the molecule is CC(O)Cc1cccc(O)c1F. The fourth-order valence-corrected chi connectivity index (χ4v) is 1.04. The molecular weight excluding hydrogens is 159 g/mol. The molecule has 0 aliphatic heterocycles. The maximum absolute atomic E-state index is 13.0. The van der Waals surface area contributed by atoms with Crippen LogP contribution in [0.1, 0.15) is 12.5 Å². The van der Waals surface area contributed by atoms with Gasteiger partial charge in [0.25, 0.3) is 0 Å². The Hall–Kier alpha value is -1.09. The van der Waals surface area contributed by atoms with Gasteiger partial charge in [-0.05, 0) is 18.6 Å². The molecule has 1 atom stereocenters. The number of hydrogen-bond acceptors (Lipinski definition) is 2. The average molecular weight is 170 g/mol. The second-order valence-electron chi connectivity index (χ2n) is 2.80. The number of rotatable bonds is 2. The van der Waals surface area contributed by atoms with Gasteiger partial charge < -0.3 is 10.2 Å². The molecule has 0 aliphatic rings. The van der Waals surface area contributed by atoms with Gasteiger partial charge in [0.15, 0.2) is 11.6 Å². The van der Waals surface area contributed by atoms with Gasteiger partial charge in [0.05, 0.1) is 6.10 Å². The van der Waals surface area contributed by atoms with Gasteiger partial charge in [0.2, 0.25) is 0 Å². The fraction of sp³-hybridized carbons (Fsp3) is 0.333. The summed E-state index contributed by atoms with van der Waals surface area (Å²) in [5.74, 6) is -1.01. The highest BCUT2D eigenvalue weighted by atomic mass is 19.1. The standard InChI is InChI=1S/C9H11FO2/c1-6(11)5-7-3-2-4-8(12)9(7)10/h2-4,6,11-12H,5H2,1H3. The summed E-state index contributed by atoms with van der Waals surface area (Å²) in [6.07, 6.45) is -0.374. The number of aliphatic hydroxyl groups is 1. The van der Waals surface area contributed by atoms with Gasteiger partial charge in [-0.1, -0.05) is 12.1 Å². The normalized spacial score (nSPS) is 12.9. The summed E-state index contributed by atoms with van der Waals surface area (Å²) in [4.78, 5) is 0. The molecule has 0 bridgehead atoms. The number of hydrogen-bond donors (Lipinski definition) is 2. The van der Waals surface area contributed by atoms with Crippen LogP contribution in [0, 0.1) is 5.82 Å². The number of phenolic OH excluding ortho intramolecular Hbond substituents is 1. The summed E-state index contributed by atoms with van der Waals surface area (Å²) in [6.45, 7) is 1.57. The van der Waals surface area contributed by atoms with E-state index in [9.17, 15) is 4.39 Å². The molecule has 1 aromatic carbocycles. The predicted molar refractivity (Wildman–Crippen MR) is 43.4 cm³/mol. The number of aliphatic hydroxyl groups excluding tert-OH is 1. The van der Waals surface area contributed by atoms with Crippen LogP contribution in [0.5, 0.6) is 5.75 Å². The van der Waals surface area contributed by atoms with E-state index in [-0.39, 0.29) is 12.2 Å². The van der Waals surface area contributed by atoms with Crippen molar-refractivity contribution in [2.24, 2.45) is 0 Å². The van der Waals surface area contributed by atoms with Crippen LogP contribution in [-0.2, 0) is 6.42 Å². The fourth-order valence-electron chi connectivity index (χ4n) is 1.04. The Labute approximate surface area is 70.3 Å². The van der Waals surface area contributed by atoms with E-state index in [1.165, 1.54) is 6.07 Å². The van der Waals surface area contributed by atoms with Crippen LogP contribution < -0.4 is 0 Å². The summed E-state index contributed by atoms with van der Waals surface area (Å²) in [5.41, 5.74) is 0.338. The molecule has 0 aliphatic carbocycles. The minimum atomic E-state index is -0.640. The van der Waals surface area contributed by atoms with Crippen LogP contribution in [0.2, 0.25) is 0 Å². The minimum Gasteiger partial charge on any atom is -0.505 e. The first-order chi connectivity index (χ1) is 5.61. The number of phenols is 1. The lowest BCUT2D eigenvalue weighted by atomic mass is 10.1. The zero-order chi connectivity index (χ0) is 9.14. The second-order valence-corrected chi connectivity index (χ2v) is 2.80. The van der Waals surface area contributed by atoms with Gasteiger partial charge in [-0.15, -0.1) is 0 Å². The van der Waals surface area contributed by atoms with Gasteiger partial charge in [-0.3, -0.25) is 0 Å². The van der Waals surface area contributed by atoms with E-state index < -0.39 is 11.9 Å². The average Bonchev–Trinajstić information content (AvgIpc) is 1.98. The summed E-state index contributed by atoms with van der Waals surface area (Å²) in [6, 6.07) is 4.37. The zero-order valence-corrected chi connectivity index (χ0v) is 6.79. The Morgan fingerprint density at radius 3 is 2.75 bits per heavy atom. The van der Waals surface area contributed by atoms with Crippen LogP contribution in [0.3, 0.4) is 0 Å². The molecule has 2 nitrogen and oxygen atoms in total. The van der Waals surface area contributed by atoms with E-state index in [0.29, 0.717) is 5.56 Å². The molecule has 0 heterocycles. The van der Waals surface area contributed by atoms with Crippen molar-refractivity contribution in [3.05, 3.63) is 29.6 Å². The largest absolute Gasteiger partial charge is 0.505 e. The molecule has 0 saturated carbocycles. The van der Waals surface area contributed by atoms with Crippen LogP contribution in [0.4, 0.5) is 4.39 Å². The first-order valence-corrected chi connectivity index (χ1v) is 3.75. The molecular formula is C9H11FO2. The van der Waals surface area contributed by atoms with E-state index in [1.807, 2.05) is 0 Å². The van der Waals surface area contributed by atoms with Gasteiger partial charge in [0, 0.05) is 6.42 Å². The summed E-state index contributed by atoms with van der Waals surface area (Å²) in [5, 5.41) is 17.9. The summed E-state index contributed by atoms with van der Waals surface area (Å²) < 4.78 is 13.0. The van der Waals surface area contributed by atoms with Crippen molar-refractivity contribution in [1.29, 1.82) is 0 Å². The first kappa shape index (κ1) is 9.00. The first-order valence-electron chi connectivity index (χ1n) is 3.75. The minimum absolute atomic E-state index is 0.222. The topological polar surface area (TPSA) is 40.5 Å².